The summed E-state index contributed by atoms with van der Waals surface area (Å²) in [5.41, 5.74) is 4.33. The van der Waals surface area contributed by atoms with Crippen LogP contribution >= 0.6 is 11.3 Å². The number of rotatable bonds is 2. The summed E-state index contributed by atoms with van der Waals surface area (Å²) in [6, 6.07) is 0. The molecule has 2 aliphatic rings. The highest BCUT2D eigenvalue weighted by Gasteiger charge is 2.42. The van der Waals surface area contributed by atoms with Crippen molar-refractivity contribution in [2.24, 2.45) is 7.05 Å². The van der Waals surface area contributed by atoms with E-state index in [0.29, 0.717) is 37.5 Å². The Kier molecular flexibility index (Phi) is 4.51. The van der Waals surface area contributed by atoms with E-state index in [1.807, 2.05) is 16.6 Å². The van der Waals surface area contributed by atoms with Crippen molar-refractivity contribution in [1.29, 1.82) is 0 Å². The molecule has 4 rings (SSSR count). The first-order valence-corrected chi connectivity index (χ1v) is 9.92. The Morgan fingerprint density at radius 3 is 2.67 bits per heavy atom. The van der Waals surface area contributed by atoms with Crippen LogP contribution in [0, 0.1) is 0 Å². The van der Waals surface area contributed by atoms with Crippen LogP contribution in [-0.4, -0.2) is 69.2 Å². The third-order valence-corrected chi connectivity index (χ3v) is 6.10. The van der Waals surface area contributed by atoms with Crippen molar-refractivity contribution >= 4 is 23.2 Å². The van der Waals surface area contributed by atoms with Gasteiger partial charge in [0.05, 0.1) is 17.7 Å². The lowest BCUT2D eigenvalue weighted by Gasteiger charge is -2.43. The average Bonchev–Trinajstić information content (AvgIpc) is 3.30. The Balaban J connectivity index is 1.49. The van der Waals surface area contributed by atoms with Crippen LogP contribution in [0.15, 0.2) is 10.9 Å². The van der Waals surface area contributed by atoms with Crippen LogP contribution in [0.5, 0.6) is 0 Å². The fourth-order valence-electron chi connectivity index (χ4n) is 3.86. The van der Waals surface area contributed by atoms with E-state index in [4.69, 9.17) is 4.74 Å². The van der Waals surface area contributed by atoms with E-state index in [1.54, 1.807) is 25.0 Å². The monoisotopic (exact) mass is 389 g/mol. The van der Waals surface area contributed by atoms with Crippen LogP contribution in [0.25, 0.3) is 0 Å². The van der Waals surface area contributed by atoms with Crippen molar-refractivity contribution in [1.82, 2.24) is 24.6 Å². The first kappa shape index (κ1) is 18.1. The second-order valence-corrected chi connectivity index (χ2v) is 8.13. The van der Waals surface area contributed by atoms with E-state index >= 15 is 0 Å². The number of likely N-dealkylation sites (tertiary alicyclic amines) is 1. The SMILES string of the molecule is CN(C)C(=O)c1nn(C)c2c1COC1(CCN(C(=O)c3cscn3)CC1)C2. The summed E-state index contributed by atoms with van der Waals surface area (Å²) < 4.78 is 8.07. The van der Waals surface area contributed by atoms with Gasteiger partial charge in [0.15, 0.2) is 5.69 Å². The zero-order valence-corrected chi connectivity index (χ0v) is 16.6. The molecule has 0 bridgehead atoms. The normalized spacial score (nSPS) is 18.4. The van der Waals surface area contributed by atoms with E-state index in [1.165, 1.54) is 16.2 Å². The molecule has 2 aliphatic heterocycles. The molecule has 2 aromatic rings. The van der Waals surface area contributed by atoms with Crippen LogP contribution in [0.3, 0.4) is 0 Å². The molecule has 0 aromatic carbocycles. The van der Waals surface area contributed by atoms with Gasteiger partial charge in [-0.2, -0.15) is 5.10 Å². The van der Waals surface area contributed by atoms with Gasteiger partial charge >= 0.3 is 0 Å². The van der Waals surface area contributed by atoms with Gasteiger partial charge in [0.1, 0.15) is 5.69 Å². The van der Waals surface area contributed by atoms with Crippen molar-refractivity contribution in [3.05, 3.63) is 33.5 Å². The number of aryl methyl sites for hydroxylation is 1. The third kappa shape index (κ3) is 3.14. The van der Waals surface area contributed by atoms with E-state index in [2.05, 4.69) is 10.1 Å². The molecular weight excluding hydrogens is 366 g/mol. The van der Waals surface area contributed by atoms with Crippen LogP contribution in [-0.2, 0) is 24.8 Å². The second-order valence-electron chi connectivity index (χ2n) is 7.41. The fraction of sp³-hybridized carbons (Fsp3) is 0.556. The summed E-state index contributed by atoms with van der Waals surface area (Å²) in [5.74, 6) is -0.114. The minimum Gasteiger partial charge on any atom is -0.370 e. The second kappa shape index (κ2) is 6.72. The molecule has 4 heterocycles. The molecule has 0 unspecified atom stereocenters. The molecule has 1 saturated heterocycles. The summed E-state index contributed by atoms with van der Waals surface area (Å²) in [6.07, 6.45) is 2.25. The number of aromatic nitrogens is 3. The molecule has 9 heteroatoms. The van der Waals surface area contributed by atoms with Gasteiger partial charge in [-0.05, 0) is 12.8 Å². The predicted octanol–water partition coefficient (Wildman–Crippen LogP) is 1.33. The molecule has 2 aromatic heterocycles. The molecule has 0 radical (unpaired) electrons. The van der Waals surface area contributed by atoms with Crippen LogP contribution in [0.2, 0.25) is 0 Å². The predicted molar refractivity (Wildman–Crippen MR) is 99.7 cm³/mol. The Morgan fingerprint density at radius 2 is 2.04 bits per heavy atom. The smallest absolute Gasteiger partial charge is 0.274 e. The van der Waals surface area contributed by atoms with Crippen molar-refractivity contribution in [2.75, 3.05) is 27.2 Å². The number of hydrogen-bond donors (Lipinski definition) is 0. The molecule has 1 spiro atoms. The van der Waals surface area contributed by atoms with Gasteiger partial charge in [0, 0.05) is 57.3 Å². The maximum Gasteiger partial charge on any atom is 0.274 e. The highest BCUT2D eigenvalue weighted by molar-refractivity contribution is 7.07. The number of fused-ring (bicyclic) bond motifs is 1. The number of piperidine rings is 1. The zero-order valence-electron chi connectivity index (χ0n) is 15.8. The van der Waals surface area contributed by atoms with Gasteiger partial charge in [0.2, 0.25) is 0 Å². The number of nitrogens with zero attached hydrogens (tertiary/aromatic N) is 5. The number of thiazole rings is 1. The van der Waals surface area contributed by atoms with Crippen molar-refractivity contribution in [3.63, 3.8) is 0 Å². The van der Waals surface area contributed by atoms with Gasteiger partial charge in [-0.1, -0.05) is 0 Å². The average molecular weight is 389 g/mol. The van der Waals surface area contributed by atoms with Crippen molar-refractivity contribution < 1.29 is 14.3 Å². The third-order valence-electron chi connectivity index (χ3n) is 5.51. The summed E-state index contributed by atoms with van der Waals surface area (Å²) in [7, 11) is 5.33. The van der Waals surface area contributed by atoms with Crippen LogP contribution < -0.4 is 0 Å². The molecule has 0 N–H and O–H groups in total. The van der Waals surface area contributed by atoms with E-state index in [-0.39, 0.29) is 17.4 Å². The van der Waals surface area contributed by atoms with Crippen molar-refractivity contribution in [2.45, 2.75) is 31.5 Å². The summed E-state index contributed by atoms with van der Waals surface area (Å²) in [5, 5.41) is 6.23. The Bertz CT molecular complexity index is 866. The molecule has 2 amide bonds. The van der Waals surface area contributed by atoms with Gasteiger partial charge in [0.25, 0.3) is 11.8 Å². The molecular formula is C18H23N5O3S. The Hall–Kier alpha value is -2.26. The van der Waals surface area contributed by atoms with Crippen LogP contribution in [0.1, 0.15) is 45.1 Å². The molecule has 0 atom stereocenters. The lowest BCUT2D eigenvalue weighted by atomic mass is 9.83. The largest absolute Gasteiger partial charge is 0.370 e. The van der Waals surface area contributed by atoms with Gasteiger partial charge in [-0.15, -0.1) is 11.3 Å². The van der Waals surface area contributed by atoms with E-state index < -0.39 is 0 Å². The number of amides is 2. The number of ether oxygens (including phenoxy) is 1. The molecule has 0 aliphatic carbocycles. The molecule has 0 saturated carbocycles. The van der Waals surface area contributed by atoms with Gasteiger partial charge in [-0.3, -0.25) is 14.3 Å². The summed E-state index contributed by atoms with van der Waals surface area (Å²) in [6.45, 7) is 1.68. The highest BCUT2D eigenvalue weighted by Crippen LogP contribution is 2.37. The molecule has 27 heavy (non-hydrogen) atoms. The first-order chi connectivity index (χ1) is 12.9. The maximum absolute atomic E-state index is 12.5. The Labute approximate surface area is 161 Å². The standard InChI is InChI=1S/C18H23N5O3S/c1-21(2)17(25)15-12-9-26-18(8-14(12)22(3)20-15)4-6-23(7-5-18)16(24)13-10-27-11-19-13/h10-11H,4-9H2,1-3H3. The minimum atomic E-state index is -0.294. The van der Waals surface area contributed by atoms with Gasteiger partial charge < -0.3 is 14.5 Å². The van der Waals surface area contributed by atoms with Gasteiger partial charge in [-0.25, -0.2) is 4.98 Å². The number of carbonyl (C=O) groups is 2. The maximum atomic E-state index is 12.5. The molecule has 1 fully saturated rings. The first-order valence-electron chi connectivity index (χ1n) is 8.98. The fourth-order valence-corrected chi connectivity index (χ4v) is 4.39. The van der Waals surface area contributed by atoms with E-state index in [0.717, 1.165) is 24.1 Å². The summed E-state index contributed by atoms with van der Waals surface area (Å²) >= 11 is 1.43. The lowest BCUT2D eigenvalue weighted by Crippen LogP contribution is -2.50. The summed E-state index contributed by atoms with van der Waals surface area (Å²) in [4.78, 5) is 32.4. The lowest BCUT2D eigenvalue weighted by molar-refractivity contribution is -0.0990. The van der Waals surface area contributed by atoms with Crippen LogP contribution in [0.4, 0.5) is 0 Å². The molecule has 8 nitrogen and oxygen atoms in total. The quantitative estimate of drug-likeness (QED) is 0.774. The minimum absolute atomic E-state index is 0.0120. The topological polar surface area (TPSA) is 80.6 Å². The zero-order chi connectivity index (χ0) is 19.2. The number of hydrogen-bond acceptors (Lipinski definition) is 6. The molecule has 144 valence electrons. The van der Waals surface area contributed by atoms with E-state index in [9.17, 15) is 9.59 Å². The highest BCUT2D eigenvalue weighted by atomic mass is 32.1. The number of carbonyl (C=O) groups excluding carboxylic acids is 2. The van der Waals surface area contributed by atoms with Crippen molar-refractivity contribution in [3.8, 4) is 0 Å². The Morgan fingerprint density at radius 1 is 1.30 bits per heavy atom.